The summed E-state index contributed by atoms with van der Waals surface area (Å²) in [6, 6.07) is 4.85. The van der Waals surface area contributed by atoms with E-state index in [1.807, 2.05) is 0 Å². The molecule has 0 atom stereocenters. The van der Waals surface area contributed by atoms with Gasteiger partial charge < -0.3 is 10.1 Å². The van der Waals surface area contributed by atoms with Gasteiger partial charge in [-0.1, -0.05) is 0 Å². The molecule has 0 unspecified atom stereocenters. The number of allylic oxidation sites excluding steroid dienone is 1. The fourth-order valence-corrected chi connectivity index (χ4v) is 0.819. The van der Waals surface area contributed by atoms with Crippen LogP contribution in [0.3, 0.4) is 0 Å². The van der Waals surface area contributed by atoms with Gasteiger partial charge in [0.25, 0.3) is 0 Å². The molecule has 0 spiro atoms. The van der Waals surface area contributed by atoms with E-state index in [1.165, 1.54) is 24.4 Å². The van der Waals surface area contributed by atoms with Crippen molar-refractivity contribution in [1.29, 1.82) is 5.26 Å². The summed E-state index contributed by atoms with van der Waals surface area (Å²) in [5.41, 5.74) is 0.328. The molecule has 0 amide bonds. The first-order valence-electron chi connectivity index (χ1n) is 3.41. The van der Waals surface area contributed by atoms with Crippen molar-refractivity contribution in [3.63, 3.8) is 0 Å². The van der Waals surface area contributed by atoms with Crippen LogP contribution < -0.4 is 0 Å². The van der Waals surface area contributed by atoms with E-state index in [2.05, 4.69) is 4.98 Å². The van der Waals surface area contributed by atoms with Crippen molar-refractivity contribution in [3.8, 4) is 6.07 Å². The Balaban J connectivity index is 3.14. The third-order valence-electron chi connectivity index (χ3n) is 1.33. The van der Waals surface area contributed by atoms with Gasteiger partial charge in [0.05, 0.1) is 11.6 Å². The number of hydrogen-bond acceptors (Lipinski definition) is 4. The average Bonchev–Trinajstić information content (AvgIpc) is 2.15. The molecule has 5 heteroatoms. The topological polar surface area (TPSA) is 79.8 Å². The van der Waals surface area contributed by atoms with Crippen LogP contribution in [0.15, 0.2) is 24.4 Å². The zero-order valence-corrected chi connectivity index (χ0v) is 6.54. The van der Waals surface area contributed by atoms with Crippen LogP contribution in [-0.4, -0.2) is 9.91 Å². The largest absolute Gasteiger partial charge is 0.370 e. The smallest absolute Gasteiger partial charge is 0.358 e. The summed E-state index contributed by atoms with van der Waals surface area (Å²) in [4.78, 5) is 13.4. The molecule has 13 heavy (non-hydrogen) atoms. The minimum atomic E-state index is -0.586. The highest BCUT2D eigenvalue weighted by molar-refractivity contribution is 5.58. The molecule has 0 saturated heterocycles. The van der Waals surface area contributed by atoms with Crippen molar-refractivity contribution in [3.05, 3.63) is 40.1 Å². The fourth-order valence-electron chi connectivity index (χ4n) is 0.819. The number of nitriles is 1. The van der Waals surface area contributed by atoms with E-state index >= 15 is 0 Å². The van der Waals surface area contributed by atoms with Gasteiger partial charge in [-0.3, -0.25) is 0 Å². The highest BCUT2D eigenvalue weighted by atomic mass is 16.6. The molecule has 0 fully saturated rings. The zero-order valence-electron chi connectivity index (χ0n) is 6.54. The molecule has 0 aliphatic heterocycles. The van der Waals surface area contributed by atoms with Crippen molar-refractivity contribution in [1.82, 2.24) is 4.98 Å². The van der Waals surface area contributed by atoms with Gasteiger partial charge in [0.15, 0.2) is 0 Å². The van der Waals surface area contributed by atoms with E-state index in [4.69, 9.17) is 5.26 Å². The van der Waals surface area contributed by atoms with Gasteiger partial charge in [-0.25, -0.2) is 0 Å². The molecular weight excluding hydrogens is 170 g/mol. The van der Waals surface area contributed by atoms with Crippen LogP contribution >= 0.6 is 0 Å². The van der Waals surface area contributed by atoms with Gasteiger partial charge in [0.2, 0.25) is 0 Å². The summed E-state index contributed by atoms with van der Waals surface area (Å²) in [6.07, 6.45) is 3.86. The minimum Gasteiger partial charge on any atom is -0.358 e. The summed E-state index contributed by atoms with van der Waals surface area (Å²) in [6.45, 7) is 0. The molecule has 5 nitrogen and oxygen atoms in total. The fraction of sp³-hybridized carbons (Fsp3) is 0. The predicted octanol–water partition coefficient (Wildman–Crippen LogP) is 1.53. The monoisotopic (exact) mass is 175 g/mol. The normalized spacial score (nSPS) is 9.77. The van der Waals surface area contributed by atoms with Gasteiger partial charge in [-0.15, -0.1) is 0 Å². The lowest BCUT2D eigenvalue weighted by molar-refractivity contribution is -0.389. The standard InChI is InChI=1S/C8H5N3O2/c9-5-1-3-7-4-2-6-10-8(7)11(12)13/h1-4,6H. The average molecular weight is 175 g/mol. The third kappa shape index (κ3) is 2.10. The summed E-state index contributed by atoms with van der Waals surface area (Å²) >= 11 is 0. The van der Waals surface area contributed by atoms with Crippen LogP contribution in [0.25, 0.3) is 6.08 Å². The molecule has 1 aromatic heterocycles. The molecule has 0 N–H and O–H groups in total. The van der Waals surface area contributed by atoms with Gasteiger partial charge >= 0.3 is 5.82 Å². The molecule has 1 rings (SSSR count). The van der Waals surface area contributed by atoms with Gasteiger partial charge in [0, 0.05) is 6.08 Å². The molecule has 0 aromatic carbocycles. The minimum absolute atomic E-state index is 0.242. The lowest BCUT2D eigenvalue weighted by Crippen LogP contribution is -1.93. The third-order valence-corrected chi connectivity index (χ3v) is 1.33. The van der Waals surface area contributed by atoms with Crippen molar-refractivity contribution < 1.29 is 4.92 Å². The Hall–Kier alpha value is -2.22. The number of rotatable bonds is 2. The summed E-state index contributed by atoms with van der Waals surface area (Å²) in [5.74, 6) is -0.242. The zero-order chi connectivity index (χ0) is 9.68. The second kappa shape index (κ2) is 3.97. The maximum atomic E-state index is 10.4. The molecule has 1 heterocycles. The van der Waals surface area contributed by atoms with Crippen LogP contribution in [0.1, 0.15) is 5.56 Å². The van der Waals surface area contributed by atoms with E-state index in [-0.39, 0.29) is 5.82 Å². The number of nitro groups is 1. The number of pyridine rings is 1. The molecule has 64 valence electrons. The van der Waals surface area contributed by atoms with E-state index in [9.17, 15) is 10.1 Å². The first-order chi connectivity index (χ1) is 6.25. The van der Waals surface area contributed by atoms with Crippen molar-refractivity contribution in [2.24, 2.45) is 0 Å². The Morgan fingerprint density at radius 1 is 1.69 bits per heavy atom. The molecule has 0 radical (unpaired) electrons. The predicted molar refractivity (Wildman–Crippen MR) is 45.5 cm³/mol. The molecule has 0 aliphatic rings. The van der Waals surface area contributed by atoms with E-state index < -0.39 is 4.92 Å². The molecule has 0 aliphatic carbocycles. The van der Waals surface area contributed by atoms with Crippen LogP contribution in [0.5, 0.6) is 0 Å². The van der Waals surface area contributed by atoms with Gasteiger partial charge in [-0.05, 0) is 28.1 Å². The molecule has 1 aromatic rings. The Kier molecular flexibility index (Phi) is 2.71. The number of aromatic nitrogens is 1. The van der Waals surface area contributed by atoms with Crippen LogP contribution in [0, 0.1) is 21.4 Å². The Labute approximate surface area is 74.1 Å². The Bertz CT molecular complexity index is 393. The summed E-state index contributed by atoms with van der Waals surface area (Å²) in [5, 5.41) is 18.6. The maximum absolute atomic E-state index is 10.4. The maximum Gasteiger partial charge on any atom is 0.370 e. The van der Waals surface area contributed by atoms with E-state index in [0.29, 0.717) is 5.56 Å². The van der Waals surface area contributed by atoms with E-state index in [0.717, 1.165) is 0 Å². The second-order valence-corrected chi connectivity index (χ2v) is 2.14. The highest BCUT2D eigenvalue weighted by Crippen LogP contribution is 2.14. The first-order valence-corrected chi connectivity index (χ1v) is 3.41. The van der Waals surface area contributed by atoms with Crippen molar-refractivity contribution >= 4 is 11.9 Å². The summed E-state index contributed by atoms with van der Waals surface area (Å²) in [7, 11) is 0. The first kappa shape index (κ1) is 8.87. The Morgan fingerprint density at radius 3 is 3.08 bits per heavy atom. The lowest BCUT2D eigenvalue weighted by atomic mass is 10.2. The van der Waals surface area contributed by atoms with Crippen molar-refractivity contribution in [2.45, 2.75) is 0 Å². The van der Waals surface area contributed by atoms with E-state index in [1.54, 1.807) is 12.1 Å². The summed E-state index contributed by atoms with van der Waals surface area (Å²) < 4.78 is 0. The molecular formula is C8H5N3O2. The number of nitrogens with zero attached hydrogens (tertiary/aromatic N) is 3. The lowest BCUT2D eigenvalue weighted by Gasteiger charge is -1.94. The van der Waals surface area contributed by atoms with Crippen LogP contribution in [0.4, 0.5) is 5.82 Å². The van der Waals surface area contributed by atoms with Gasteiger partial charge in [-0.2, -0.15) is 5.26 Å². The SMILES string of the molecule is N#CC=Cc1cccnc1[N+](=O)[O-]. The quantitative estimate of drug-likeness (QED) is 0.387. The number of hydrogen-bond donors (Lipinski definition) is 0. The van der Waals surface area contributed by atoms with Crippen LogP contribution in [-0.2, 0) is 0 Å². The van der Waals surface area contributed by atoms with Crippen LogP contribution in [0.2, 0.25) is 0 Å². The molecule has 0 saturated carbocycles. The van der Waals surface area contributed by atoms with Gasteiger partial charge in [0.1, 0.15) is 6.20 Å². The highest BCUT2D eigenvalue weighted by Gasteiger charge is 2.10. The Morgan fingerprint density at radius 2 is 2.46 bits per heavy atom. The van der Waals surface area contributed by atoms with Crippen molar-refractivity contribution in [2.75, 3.05) is 0 Å². The molecule has 0 bridgehead atoms. The second-order valence-electron chi connectivity index (χ2n) is 2.14.